The first-order chi connectivity index (χ1) is 16.0. The quantitative estimate of drug-likeness (QED) is 0.331. The van der Waals surface area contributed by atoms with Crippen molar-refractivity contribution in [2.24, 2.45) is 0 Å². The lowest BCUT2D eigenvalue weighted by molar-refractivity contribution is -0.116. The van der Waals surface area contributed by atoms with E-state index >= 15 is 0 Å². The number of carbonyl (C=O) groups excluding carboxylic acids is 2. The fraction of sp³-hybridized carbons (Fsp3) is 0.231. The summed E-state index contributed by atoms with van der Waals surface area (Å²) in [7, 11) is 0. The highest BCUT2D eigenvalue weighted by Gasteiger charge is 2.35. The van der Waals surface area contributed by atoms with Crippen molar-refractivity contribution in [1.82, 2.24) is 4.98 Å². The fourth-order valence-corrected chi connectivity index (χ4v) is 4.92. The Bertz CT molecular complexity index is 1390. The number of phenolic OH excluding ortho intramolecular Hbond substituents is 1. The maximum absolute atomic E-state index is 13.5. The van der Waals surface area contributed by atoms with Crippen molar-refractivity contribution in [3.05, 3.63) is 65.9 Å². The molecular formula is C26H24ClN3O3. The number of amides is 2. The molecule has 3 aromatic carbocycles. The van der Waals surface area contributed by atoms with Crippen LogP contribution in [0.1, 0.15) is 41.7 Å². The number of nitrogens with zero attached hydrogens (tertiary/aromatic N) is 1. The van der Waals surface area contributed by atoms with Crippen molar-refractivity contribution >= 4 is 56.5 Å². The van der Waals surface area contributed by atoms with E-state index in [9.17, 15) is 14.7 Å². The molecule has 1 aliphatic rings. The molecule has 1 unspecified atom stereocenters. The monoisotopic (exact) mass is 461 g/mol. The molecule has 7 heteroatoms. The molecule has 0 fully saturated rings. The second kappa shape index (κ2) is 8.45. The van der Waals surface area contributed by atoms with Crippen molar-refractivity contribution in [3.8, 4) is 5.75 Å². The van der Waals surface area contributed by atoms with Gasteiger partial charge in [-0.3, -0.25) is 9.59 Å². The van der Waals surface area contributed by atoms with Gasteiger partial charge >= 0.3 is 0 Å². The number of alkyl halides is 1. The number of halogens is 1. The second-order valence-corrected chi connectivity index (χ2v) is 8.73. The van der Waals surface area contributed by atoms with E-state index in [0.29, 0.717) is 35.9 Å². The van der Waals surface area contributed by atoms with Gasteiger partial charge in [-0.1, -0.05) is 31.2 Å². The fourth-order valence-electron chi connectivity index (χ4n) is 4.67. The Kier molecular flexibility index (Phi) is 5.46. The molecule has 4 aromatic rings. The normalized spacial score (nSPS) is 15.2. The molecule has 1 aliphatic heterocycles. The Balaban J connectivity index is 1.51. The Morgan fingerprint density at radius 2 is 1.94 bits per heavy atom. The minimum absolute atomic E-state index is 0.0270. The van der Waals surface area contributed by atoms with Gasteiger partial charge in [0.2, 0.25) is 5.91 Å². The number of H-pyrrole nitrogens is 1. The summed E-state index contributed by atoms with van der Waals surface area (Å²) in [6.45, 7) is 2.40. The number of nitrogens with one attached hydrogen (secondary N) is 2. The van der Waals surface area contributed by atoms with Gasteiger partial charge in [-0.25, -0.2) is 0 Å². The van der Waals surface area contributed by atoms with Gasteiger partial charge in [0.25, 0.3) is 5.91 Å². The van der Waals surface area contributed by atoms with E-state index in [2.05, 4.69) is 10.3 Å². The molecule has 168 valence electrons. The molecule has 3 N–H and O–H groups in total. The first-order valence-electron chi connectivity index (χ1n) is 11.0. The van der Waals surface area contributed by atoms with E-state index in [1.165, 1.54) is 0 Å². The lowest BCUT2D eigenvalue weighted by atomic mass is 9.95. The van der Waals surface area contributed by atoms with Crippen LogP contribution in [-0.2, 0) is 4.79 Å². The number of aromatic nitrogens is 1. The Labute approximate surface area is 196 Å². The molecule has 2 heterocycles. The molecule has 33 heavy (non-hydrogen) atoms. The summed E-state index contributed by atoms with van der Waals surface area (Å²) in [6.07, 6.45) is 1.24. The molecule has 5 rings (SSSR count). The number of aromatic hydroxyl groups is 1. The number of hydrogen-bond acceptors (Lipinski definition) is 3. The van der Waals surface area contributed by atoms with E-state index in [-0.39, 0.29) is 23.5 Å². The molecule has 1 aromatic heterocycles. The maximum Gasteiger partial charge on any atom is 0.274 e. The number of anilines is 2. The van der Waals surface area contributed by atoms with Gasteiger partial charge in [-0.05, 0) is 41.6 Å². The zero-order valence-corrected chi connectivity index (χ0v) is 18.9. The smallest absolute Gasteiger partial charge is 0.274 e. The van der Waals surface area contributed by atoms with Gasteiger partial charge in [0.15, 0.2) is 0 Å². The standard InChI is InChI=1S/C26H24ClN3O3/c1-2-5-24(32)28-17-8-9-20-15(10-17)11-21(29-20)26(33)30-14-16(13-27)25-19-7-4-3-6-18(19)23(31)12-22(25)30/h3-4,6-12,16,29,31H,2,5,13-14H2,1H3,(H,28,32). The first kappa shape index (κ1) is 21.3. The molecule has 0 spiro atoms. The van der Waals surface area contributed by atoms with Crippen LogP contribution in [0.15, 0.2) is 54.6 Å². The van der Waals surface area contributed by atoms with Crippen LogP contribution in [0.2, 0.25) is 0 Å². The zero-order valence-electron chi connectivity index (χ0n) is 18.2. The zero-order chi connectivity index (χ0) is 23.1. The Morgan fingerprint density at radius 3 is 2.70 bits per heavy atom. The van der Waals surface area contributed by atoms with Gasteiger partial charge in [0.1, 0.15) is 11.4 Å². The molecule has 0 saturated carbocycles. The molecule has 2 amide bonds. The summed E-state index contributed by atoms with van der Waals surface area (Å²) in [5.41, 5.74) is 3.62. The third-order valence-electron chi connectivity index (χ3n) is 6.19. The molecule has 0 radical (unpaired) electrons. The summed E-state index contributed by atoms with van der Waals surface area (Å²) in [6, 6.07) is 16.6. The lowest BCUT2D eigenvalue weighted by Gasteiger charge is -2.17. The van der Waals surface area contributed by atoms with Crippen molar-refractivity contribution in [1.29, 1.82) is 0 Å². The third-order valence-corrected chi connectivity index (χ3v) is 6.56. The van der Waals surface area contributed by atoms with E-state index in [4.69, 9.17) is 11.6 Å². The minimum atomic E-state index is -0.189. The average molecular weight is 462 g/mol. The Hall–Kier alpha value is -3.51. The summed E-state index contributed by atoms with van der Waals surface area (Å²) < 4.78 is 0. The molecular weight excluding hydrogens is 438 g/mol. The number of hydrogen-bond donors (Lipinski definition) is 3. The largest absolute Gasteiger partial charge is 0.507 e. The van der Waals surface area contributed by atoms with Crippen molar-refractivity contribution in [3.63, 3.8) is 0 Å². The van der Waals surface area contributed by atoms with Crippen LogP contribution in [0.4, 0.5) is 11.4 Å². The van der Waals surface area contributed by atoms with E-state index < -0.39 is 0 Å². The predicted octanol–water partition coefficient (Wildman–Crippen LogP) is 5.75. The average Bonchev–Trinajstić information content (AvgIpc) is 3.40. The number of aromatic amines is 1. The molecule has 0 bridgehead atoms. The summed E-state index contributed by atoms with van der Waals surface area (Å²) in [5, 5.41) is 16.0. The Morgan fingerprint density at radius 1 is 1.15 bits per heavy atom. The van der Waals surface area contributed by atoms with Crippen LogP contribution in [-0.4, -0.2) is 34.3 Å². The number of rotatable bonds is 5. The van der Waals surface area contributed by atoms with Gasteiger partial charge in [0, 0.05) is 52.8 Å². The van der Waals surface area contributed by atoms with Crippen LogP contribution in [0.5, 0.6) is 5.75 Å². The van der Waals surface area contributed by atoms with Crippen molar-refractivity contribution in [2.45, 2.75) is 25.7 Å². The van der Waals surface area contributed by atoms with Crippen LogP contribution in [0, 0.1) is 0 Å². The summed E-state index contributed by atoms with van der Waals surface area (Å²) in [4.78, 5) is 30.3. The van der Waals surface area contributed by atoms with Crippen LogP contribution >= 0.6 is 11.6 Å². The third kappa shape index (κ3) is 3.70. The van der Waals surface area contributed by atoms with Gasteiger partial charge in [-0.15, -0.1) is 11.6 Å². The van der Waals surface area contributed by atoms with E-state index in [1.54, 1.807) is 17.0 Å². The number of carbonyl (C=O) groups is 2. The van der Waals surface area contributed by atoms with E-state index in [1.807, 2.05) is 49.4 Å². The molecule has 6 nitrogen and oxygen atoms in total. The minimum Gasteiger partial charge on any atom is -0.507 e. The molecule has 0 aliphatic carbocycles. The maximum atomic E-state index is 13.5. The number of fused-ring (bicyclic) bond motifs is 4. The van der Waals surface area contributed by atoms with E-state index in [0.717, 1.165) is 33.7 Å². The highest BCUT2D eigenvalue weighted by Crippen LogP contribution is 2.45. The second-order valence-electron chi connectivity index (χ2n) is 8.42. The predicted molar refractivity (Wildman–Crippen MR) is 133 cm³/mol. The SMILES string of the molecule is CCCC(=O)Nc1ccc2[nH]c(C(=O)N3CC(CCl)c4c3cc(O)c3ccccc43)cc2c1. The highest BCUT2D eigenvalue weighted by molar-refractivity contribution is 6.19. The van der Waals surface area contributed by atoms with Crippen molar-refractivity contribution in [2.75, 3.05) is 22.6 Å². The van der Waals surface area contributed by atoms with Crippen LogP contribution in [0.25, 0.3) is 21.7 Å². The van der Waals surface area contributed by atoms with Gasteiger partial charge < -0.3 is 20.3 Å². The number of benzene rings is 3. The lowest BCUT2D eigenvalue weighted by Crippen LogP contribution is -2.30. The molecule has 1 atom stereocenters. The van der Waals surface area contributed by atoms with Gasteiger partial charge in [-0.2, -0.15) is 0 Å². The van der Waals surface area contributed by atoms with Crippen molar-refractivity contribution < 1.29 is 14.7 Å². The first-order valence-corrected chi connectivity index (χ1v) is 11.6. The molecule has 0 saturated heterocycles. The van der Waals surface area contributed by atoms with Crippen LogP contribution < -0.4 is 10.2 Å². The topological polar surface area (TPSA) is 85.4 Å². The highest BCUT2D eigenvalue weighted by atomic mass is 35.5. The van der Waals surface area contributed by atoms with Gasteiger partial charge in [0.05, 0.1) is 5.69 Å². The number of phenols is 1. The summed E-state index contributed by atoms with van der Waals surface area (Å²) in [5.74, 6) is 0.268. The van der Waals surface area contributed by atoms with Crippen LogP contribution in [0.3, 0.4) is 0 Å². The summed E-state index contributed by atoms with van der Waals surface area (Å²) >= 11 is 6.29.